The third-order valence-electron chi connectivity index (χ3n) is 1.22. The van der Waals surface area contributed by atoms with E-state index in [0.717, 1.165) is 12.8 Å². The molecule has 1 N–H and O–H groups in total. The van der Waals surface area contributed by atoms with Gasteiger partial charge < -0.3 is 10.1 Å². The van der Waals surface area contributed by atoms with Crippen LogP contribution < -0.4 is 5.32 Å². The van der Waals surface area contributed by atoms with Crippen molar-refractivity contribution in [2.45, 2.75) is 0 Å². The molecular weight excluding hydrogens is 154 g/mol. The van der Waals surface area contributed by atoms with Gasteiger partial charge in [-0.1, -0.05) is 0 Å². The molecule has 0 amide bonds. The van der Waals surface area contributed by atoms with E-state index in [1.165, 1.54) is 0 Å². The number of hydrogen-bond donors (Lipinski definition) is 1. The van der Waals surface area contributed by atoms with Gasteiger partial charge in [-0.15, -0.1) is 0 Å². The Morgan fingerprint density at radius 1 is 1.60 bits per heavy atom. The Kier molecular flexibility index (Phi) is 2.28. The van der Waals surface area contributed by atoms with E-state index in [0.29, 0.717) is 13.2 Å². The van der Waals surface area contributed by atoms with Crippen LogP contribution in [0.4, 0.5) is 0 Å². The zero-order chi connectivity index (χ0) is 7.61. The number of nitrogens with one attached hydrogen (secondary N) is 1. The van der Waals surface area contributed by atoms with Crippen LogP contribution in [0.3, 0.4) is 0 Å². The van der Waals surface area contributed by atoms with E-state index in [2.05, 4.69) is 5.32 Å². The molecule has 0 unspecified atom stereocenters. The van der Waals surface area contributed by atoms with Gasteiger partial charge in [0.15, 0.2) is 9.84 Å². The second-order valence-corrected chi connectivity index (χ2v) is 4.17. The van der Waals surface area contributed by atoms with E-state index in [1.807, 2.05) is 0 Å². The molecule has 1 aliphatic heterocycles. The van der Waals surface area contributed by atoms with Crippen LogP contribution in [0, 0.1) is 5.44 Å². The minimum absolute atomic E-state index is 0.152. The Bertz CT molecular complexity index is 193. The zero-order valence-corrected chi connectivity index (χ0v) is 6.57. The summed E-state index contributed by atoms with van der Waals surface area (Å²) in [6, 6.07) is 0. The second kappa shape index (κ2) is 2.86. The first kappa shape index (κ1) is 7.97. The van der Waals surface area contributed by atoms with Crippen LogP contribution in [0.25, 0.3) is 0 Å². The third kappa shape index (κ3) is 1.93. The maximum Gasteiger partial charge on any atom is 0.225 e. The van der Waals surface area contributed by atoms with Crippen LogP contribution in [0.15, 0.2) is 0 Å². The molecule has 0 aromatic rings. The molecule has 0 aliphatic carbocycles. The molecular formula is C5H10NO3S. The lowest BCUT2D eigenvalue weighted by Crippen LogP contribution is -2.36. The van der Waals surface area contributed by atoms with Crippen LogP contribution in [-0.4, -0.2) is 34.4 Å². The van der Waals surface area contributed by atoms with Gasteiger partial charge in [-0.25, -0.2) is 8.42 Å². The summed E-state index contributed by atoms with van der Waals surface area (Å²) in [4.78, 5) is 0. The lowest BCUT2D eigenvalue weighted by Gasteiger charge is -2.19. The van der Waals surface area contributed by atoms with Crippen molar-refractivity contribution in [3.8, 4) is 0 Å². The molecule has 4 nitrogen and oxygen atoms in total. The van der Waals surface area contributed by atoms with E-state index in [9.17, 15) is 8.42 Å². The lowest BCUT2D eigenvalue weighted by atomic mass is 10.5. The first-order valence-corrected chi connectivity index (χ1v) is 4.89. The molecule has 1 radical (unpaired) electrons. The molecule has 0 aromatic carbocycles. The molecule has 1 rings (SSSR count). The fourth-order valence-electron chi connectivity index (χ4n) is 0.717. The quantitative estimate of drug-likeness (QED) is 0.548. The average molecular weight is 164 g/mol. The largest absolute Gasteiger partial charge is 0.353 e. The SMILES string of the molecule is CS(=O)(=O)[C]1CNCCO1. The van der Waals surface area contributed by atoms with Gasteiger partial charge in [-0.05, 0) is 0 Å². The van der Waals surface area contributed by atoms with Crippen LogP contribution in [-0.2, 0) is 14.6 Å². The van der Waals surface area contributed by atoms with Gasteiger partial charge in [0.1, 0.15) is 0 Å². The Morgan fingerprint density at radius 2 is 2.30 bits per heavy atom. The molecule has 0 spiro atoms. The Morgan fingerprint density at radius 3 is 2.60 bits per heavy atom. The molecule has 0 saturated carbocycles. The van der Waals surface area contributed by atoms with Crippen molar-refractivity contribution in [1.82, 2.24) is 5.32 Å². The van der Waals surface area contributed by atoms with Gasteiger partial charge >= 0.3 is 0 Å². The summed E-state index contributed by atoms with van der Waals surface area (Å²) in [5.74, 6) is 0. The van der Waals surface area contributed by atoms with Gasteiger partial charge in [-0.3, -0.25) is 0 Å². The molecule has 0 aromatic heterocycles. The molecule has 1 aliphatic rings. The van der Waals surface area contributed by atoms with Crippen molar-refractivity contribution in [1.29, 1.82) is 0 Å². The normalized spacial score (nSPS) is 22.9. The zero-order valence-electron chi connectivity index (χ0n) is 5.75. The first-order valence-electron chi connectivity index (χ1n) is 3.00. The maximum absolute atomic E-state index is 10.8. The van der Waals surface area contributed by atoms with E-state index in [4.69, 9.17) is 4.74 Å². The standard InChI is InChI=1S/C5H10NO3S/c1-10(7,8)5-4-6-2-3-9-5/h6H,2-4H2,1H3. The average Bonchev–Trinajstić information content (AvgIpc) is 1.88. The molecule has 1 fully saturated rings. The van der Waals surface area contributed by atoms with Crippen molar-refractivity contribution >= 4 is 9.84 Å². The smallest absolute Gasteiger partial charge is 0.225 e. The highest BCUT2D eigenvalue weighted by atomic mass is 32.2. The molecule has 59 valence electrons. The fraction of sp³-hybridized carbons (Fsp3) is 0.800. The Labute approximate surface area is 60.5 Å². The Hall–Kier alpha value is -0.130. The van der Waals surface area contributed by atoms with Crippen LogP contribution >= 0.6 is 0 Å². The number of sulfone groups is 1. The van der Waals surface area contributed by atoms with Crippen molar-refractivity contribution in [2.24, 2.45) is 0 Å². The van der Waals surface area contributed by atoms with Crippen molar-refractivity contribution < 1.29 is 13.2 Å². The number of ether oxygens (including phenoxy) is 1. The van der Waals surface area contributed by atoms with Crippen molar-refractivity contribution in [3.63, 3.8) is 0 Å². The van der Waals surface area contributed by atoms with Crippen molar-refractivity contribution in [3.05, 3.63) is 5.44 Å². The van der Waals surface area contributed by atoms with E-state index >= 15 is 0 Å². The molecule has 10 heavy (non-hydrogen) atoms. The summed E-state index contributed by atoms with van der Waals surface area (Å²) >= 11 is 0. The minimum Gasteiger partial charge on any atom is -0.353 e. The van der Waals surface area contributed by atoms with E-state index in [1.54, 1.807) is 0 Å². The highest BCUT2D eigenvalue weighted by Gasteiger charge is 2.25. The predicted molar refractivity (Wildman–Crippen MR) is 36.9 cm³/mol. The molecule has 0 bridgehead atoms. The molecule has 5 heteroatoms. The molecule has 1 saturated heterocycles. The van der Waals surface area contributed by atoms with Gasteiger partial charge in [0.25, 0.3) is 0 Å². The highest BCUT2D eigenvalue weighted by Crippen LogP contribution is 2.11. The van der Waals surface area contributed by atoms with Crippen LogP contribution in [0.5, 0.6) is 0 Å². The molecule has 1 heterocycles. The van der Waals surface area contributed by atoms with Gasteiger partial charge in [0, 0.05) is 19.3 Å². The number of morpholine rings is 1. The van der Waals surface area contributed by atoms with Crippen molar-refractivity contribution in [2.75, 3.05) is 26.0 Å². The van der Waals surface area contributed by atoms with Crippen LogP contribution in [0.1, 0.15) is 0 Å². The number of rotatable bonds is 1. The Balaban J connectivity index is 2.56. The summed E-state index contributed by atoms with van der Waals surface area (Å²) in [7, 11) is -3.09. The van der Waals surface area contributed by atoms with E-state index in [-0.39, 0.29) is 5.44 Å². The maximum atomic E-state index is 10.8. The monoisotopic (exact) mass is 164 g/mol. The predicted octanol–water partition coefficient (Wildman–Crippen LogP) is -0.860. The minimum atomic E-state index is -3.09. The fourth-order valence-corrected chi connectivity index (χ4v) is 1.38. The first-order chi connectivity index (χ1) is 4.61. The van der Waals surface area contributed by atoms with Crippen LogP contribution in [0.2, 0.25) is 0 Å². The highest BCUT2D eigenvalue weighted by molar-refractivity contribution is 7.93. The summed E-state index contributed by atoms with van der Waals surface area (Å²) < 4.78 is 26.5. The number of hydrogen-bond acceptors (Lipinski definition) is 4. The summed E-state index contributed by atoms with van der Waals surface area (Å²) in [5.41, 5.74) is 0.152. The van der Waals surface area contributed by atoms with E-state index < -0.39 is 9.84 Å². The summed E-state index contributed by atoms with van der Waals surface area (Å²) in [6.45, 7) is 1.50. The lowest BCUT2D eigenvalue weighted by molar-refractivity contribution is 0.147. The third-order valence-corrected chi connectivity index (χ3v) is 2.31. The van der Waals surface area contributed by atoms with Gasteiger partial charge in [-0.2, -0.15) is 0 Å². The molecule has 0 atom stereocenters. The summed E-state index contributed by atoms with van der Waals surface area (Å²) in [6.07, 6.45) is 1.15. The van der Waals surface area contributed by atoms with Gasteiger partial charge in [0.05, 0.1) is 6.61 Å². The van der Waals surface area contributed by atoms with Gasteiger partial charge in [0.2, 0.25) is 5.44 Å². The second-order valence-electron chi connectivity index (χ2n) is 2.17. The topological polar surface area (TPSA) is 55.4 Å². The summed E-state index contributed by atoms with van der Waals surface area (Å²) in [5, 5.41) is 2.90.